The zero-order chi connectivity index (χ0) is 40.3. The third kappa shape index (κ3) is 12.1. The highest BCUT2D eigenvalue weighted by atomic mass is 31.2. The van der Waals surface area contributed by atoms with Crippen molar-refractivity contribution >= 4 is 37.8 Å². The first kappa shape index (κ1) is 43.0. The molecule has 0 saturated carbocycles. The van der Waals surface area contributed by atoms with E-state index in [1.54, 1.807) is 43.3 Å². The number of ether oxygens (including phenoxy) is 8. The molecular formula is C36H46NO17P. The van der Waals surface area contributed by atoms with Crippen LogP contribution in [-0.4, -0.2) is 98.9 Å². The van der Waals surface area contributed by atoms with E-state index in [1.165, 1.54) is 38.2 Å². The van der Waals surface area contributed by atoms with Crippen LogP contribution in [0.25, 0.3) is 0 Å². The molecule has 19 heteroatoms. The maximum atomic E-state index is 14.7. The first-order valence-corrected chi connectivity index (χ1v) is 18.9. The standard InChI is InChI=1S/C36H46NO17P/c1-8-27-20(2)29(45-22(4)39)32(35(48-27)54-55(43,52-25-15-11-9-12-16-25)53-26-17-13-10-14-18-26)50-34-33(47-24(6)41)31(46-23(5)40)30(51-36(42)37-7)28(49-34)19-44-21(3)38/h9-18,20,27-35H,8,19H2,1-7H3,(H,37,42)/t20-,27+,28-,29+,30-,31+,32+,33+,34-,35-/m1/s1. The molecule has 0 spiro atoms. The third-order valence-electron chi connectivity index (χ3n) is 8.25. The van der Waals surface area contributed by atoms with Crippen LogP contribution in [0, 0.1) is 5.92 Å². The molecule has 2 aliphatic heterocycles. The highest BCUT2D eigenvalue weighted by molar-refractivity contribution is 7.49. The number of esters is 4. The SMILES string of the molecule is CC[C@@H]1O[C@H](OP(=O)(Oc2ccccc2)Oc2ccccc2)[C@@H](O[C@H]2O[C@H](COC(C)=O)[C@@H](OC(=O)NC)[C@H](OC(C)=O)[C@@H]2OC(C)=O)[C@@H](OC(C)=O)[C@@H]1C. The van der Waals surface area contributed by atoms with Gasteiger partial charge in [0, 0.05) is 40.7 Å². The van der Waals surface area contributed by atoms with E-state index < -0.39 is 106 Å². The molecule has 0 radical (unpaired) electrons. The van der Waals surface area contributed by atoms with Crippen LogP contribution in [0.1, 0.15) is 48.0 Å². The van der Waals surface area contributed by atoms with E-state index in [1.807, 2.05) is 6.92 Å². The van der Waals surface area contributed by atoms with E-state index in [9.17, 15) is 28.5 Å². The maximum Gasteiger partial charge on any atom is 0.590 e. The van der Waals surface area contributed by atoms with E-state index in [0.717, 1.165) is 20.8 Å². The molecule has 0 unspecified atom stereocenters. The van der Waals surface area contributed by atoms with Crippen molar-refractivity contribution in [3.63, 3.8) is 0 Å². The fraction of sp³-hybridized carbons (Fsp3) is 0.528. The van der Waals surface area contributed by atoms with Crippen molar-refractivity contribution in [3.05, 3.63) is 60.7 Å². The molecule has 1 N–H and O–H groups in total. The monoisotopic (exact) mass is 795 g/mol. The normalized spacial score (nSPS) is 27.8. The largest absolute Gasteiger partial charge is 0.590 e. The molecule has 55 heavy (non-hydrogen) atoms. The van der Waals surface area contributed by atoms with Crippen LogP contribution in [0.15, 0.2) is 60.7 Å². The summed E-state index contributed by atoms with van der Waals surface area (Å²) in [5.41, 5.74) is 0. The molecule has 4 rings (SSSR count). The van der Waals surface area contributed by atoms with Crippen LogP contribution >= 0.6 is 7.82 Å². The fourth-order valence-corrected chi connectivity index (χ4v) is 7.26. The first-order valence-electron chi connectivity index (χ1n) is 17.4. The molecule has 2 aromatic carbocycles. The van der Waals surface area contributed by atoms with Gasteiger partial charge in [-0.2, -0.15) is 0 Å². The number of rotatable bonds is 15. The van der Waals surface area contributed by atoms with E-state index in [-0.39, 0.29) is 11.5 Å². The molecule has 0 aromatic heterocycles. The van der Waals surface area contributed by atoms with Crippen molar-refractivity contribution in [2.45, 2.75) is 103 Å². The van der Waals surface area contributed by atoms with Crippen LogP contribution in [0.2, 0.25) is 0 Å². The molecule has 18 nitrogen and oxygen atoms in total. The van der Waals surface area contributed by atoms with Crippen LogP contribution in [0.4, 0.5) is 4.79 Å². The number of benzene rings is 2. The second kappa shape index (κ2) is 19.7. The molecule has 2 aliphatic rings. The smallest absolute Gasteiger partial charge is 0.463 e. The summed E-state index contributed by atoms with van der Waals surface area (Å²) in [6.45, 7) is 7.39. The number of hydrogen-bond donors (Lipinski definition) is 1. The lowest BCUT2D eigenvalue weighted by Crippen LogP contribution is -2.65. The summed E-state index contributed by atoms with van der Waals surface area (Å²) in [6, 6.07) is 16.1. The molecule has 0 bridgehead atoms. The van der Waals surface area contributed by atoms with Gasteiger partial charge in [-0.05, 0) is 30.7 Å². The van der Waals surface area contributed by atoms with Gasteiger partial charge in [-0.1, -0.05) is 50.2 Å². The molecule has 1 amide bonds. The summed E-state index contributed by atoms with van der Waals surface area (Å²) < 4.78 is 79.0. The summed E-state index contributed by atoms with van der Waals surface area (Å²) in [6.07, 6.45) is -13.8. The van der Waals surface area contributed by atoms with Gasteiger partial charge in [0.15, 0.2) is 24.6 Å². The van der Waals surface area contributed by atoms with Gasteiger partial charge < -0.3 is 52.3 Å². The third-order valence-corrected chi connectivity index (χ3v) is 9.58. The Morgan fingerprint density at radius 3 is 1.65 bits per heavy atom. The molecule has 0 aliphatic carbocycles. The fourth-order valence-electron chi connectivity index (χ4n) is 5.95. The predicted molar refractivity (Wildman–Crippen MR) is 187 cm³/mol. The Morgan fingerprint density at radius 2 is 1.16 bits per heavy atom. The Balaban J connectivity index is 1.83. The topological polar surface area (TPSA) is 216 Å². The Hall–Kier alpha value is -4.74. The van der Waals surface area contributed by atoms with Gasteiger partial charge >= 0.3 is 37.8 Å². The number of amides is 1. The minimum absolute atomic E-state index is 0.109. The molecule has 2 fully saturated rings. The summed E-state index contributed by atoms with van der Waals surface area (Å²) in [4.78, 5) is 62.0. The van der Waals surface area contributed by atoms with Gasteiger partial charge in [0.2, 0.25) is 6.29 Å². The molecule has 2 saturated heterocycles. The number of nitrogens with one attached hydrogen (secondary N) is 1. The zero-order valence-corrected chi connectivity index (χ0v) is 32.2. The van der Waals surface area contributed by atoms with Crippen LogP contribution < -0.4 is 14.4 Å². The quantitative estimate of drug-likeness (QED) is 0.152. The Morgan fingerprint density at radius 1 is 0.655 bits per heavy atom. The number of carbonyl (C=O) groups is 5. The second-order valence-electron chi connectivity index (χ2n) is 12.5. The summed E-state index contributed by atoms with van der Waals surface area (Å²) in [5, 5.41) is 2.27. The second-order valence-corrected chi connectivity index (χ2v) is 13.9. The lowest BCUT2D eigenvalue weighted by Gasteiger charge is -2.48. The average molecular weight is 796 g/mol. The highest BCUT2D eigenvalue weighted by Gasteiger charge is 2.57. The van der Waals surface area contributed by atoms with Crippen molar-refractivity contribution in [2.24, 2.45) is 5.92 Å². The first-order chi connectivity index (χ1) is 26.1. The van der Waals surface area contributed by atoms with Crippen molar-refractivity contribution in [3.8, 4) is 11.5 Å². The number of alkyl carbamates (subject to hydrolysis) is 1. The maximum absolute atomic E-state index is 14.7. The van der Waals surface area contributed by atoms with E-state index in [2.05, 4.69) is 5.32 Å². The minimum Gasteiger partial charge on any atom is -0.463 e. The molecule has 2 aromatic rings. The summed E-state index contributed by atoms with van der Waals surface area (Å²) in [5.74, 6) is -3.62. The highest BCUT2D eigenvalue weighted by Crippen LogP contribution is 2.53. The van der Waals surface area contributed by atoms with E-state index in [0.29, 0.717) is 6.42 Å². The van der Waals surface area contributed by atoms with Gasteiger partial charge in [-0.25, -0.2) is 13.9 Å². The van der Waals surface area contributed by atoms with Gasteiger partial charge in [0.25, 0.3) is 0 Å². The minimum atomic E-state index is -4.73. The molecule has 2 heterocycles. The zero-order valence-electron chi connectivity index (χ0n) is 31.3. The number of hydrogen-bond acceptors (Lipinski definition) is 17. The van der Waals surface area contributed by atoms with Gasteiger partial charge in [-0.15, -0.1) is 0 Å². The molecule has 302 valence electrons. The van der Waals surface area contributed by atoms with Gasteiger partial charge in [0.05, 0.1) is 6.10 Å². The van der Waals surface area contributed by atoms with Crippen LogP contribution in [-0.2, 0) is 66.2 Å². The van der Waals surface area contributed by atoms with Crippen molar-refractivity contribution in [2.75, 3.05) is 13.7 Å². The number of phosphoric ester groups is 1. The Kier molecular flexibility index (Phi) is 15.4. The predicted octanol–water partition coefficient (Wildman–Crippen LogP) is 4.23. The number of para-hydroxylation sites is 2. The Labute approximate surface area is 317 Å². The van der Waals surface area contributed by atoms with Crippen molar-refractivity contribution in [1.29, 1.82) is 0 Å². The number of carbonyl (C=O) groups excluding carboxylic acids is 5. The average Bonchev–Trinajstić information content (AvgIpc) is 3.12. The lowest BCUT2D eigenvalue weighted by molar-refractivity contribution is -0.354. The van der Waals surface area contributed by atoms with Crippen LogP contribution in [0.5, 0.6) is 11.5 Å². The molecule has 10 atom stereocenters. The summed E-state index contributed by atoms with van der Waals surface area (Å²) in [7, 11) is -3.46. The van der Waals surface area contributed by atoms with Crippen LogP contribution in [0.3, 0.4) is 0 Å². The Bertz CT molecular complexity index is 1620. The van der Waals surface area contributed by atoms with E-state index >= 15 is 0 Å². The lowest BCUT2D eigenvalue weighted by atomic mass is 9.89. The molecular weight excluding hydrogens is 749 g/mol. The van der Waals surface area contributed by atoms with E-state index in [4.69, 9.17) is 51.5 Å². The van der Waals surface area contributed by atoms with Crippen molar-refractivity contribution < 1.29 is 80.0 Å². The van der Waals surface area contributed by atoms with Gasteiger partial charge in [-0.3, -0.25) is 19.2 Å². The van der Waals surface area contributed by atoms with Gasteiger partial charge in [0.1, 0.15) is 36.4 Å². The van der Waals surface area contributed by atoms with Crippen molar-refractivity contribution in [1.82, 2.24) is 5.32 Å². The summed E-state index contributed by atoms with van der Waals surface area (Å²) >= 11 is 0. The number of phosphoric acid groups is 1.